The molecule has 2 rings (SSSR count). The highest BCUT2D eigenvalue weighted by Gasteiger charge is 2.28. The van der Waals surface area contributed by atoms with Gasteiger partial charge in [0, 0.05) is 31.5 Å². The molecule has 5 nitrogen and oxygen atoms in total. The Hall–Kier alpha value is -0.400. The maximum absolute atomic E-state index is 12.2. The van der Waals surface area contributed by atoms with Crippen LogP contribution in [0, 0.1) is 0 Å². The molecule has 2 heterocycles. The smallest absolute Gasteiger partial charge is 0.244 e. The van der Waals surface area contributed by atoms with Gasteiger partial charge in [0.2, 0.25) is 10.0 Å². The van der Waals surface area contributed by atoms with Crippen LogP contribution in [0.2, 0.25) is 0 Å². The number of rotatable bonds is 2. The van der Waals surface area contributed by atoms with Crippen molar-refractivity contribution in [1.29, 1.82) is 0 Å². The number of halogens is 2. The first-order valence-electron chi connectivity index (χ1n) is 5.26. The highest BCUT2D eigenvalue weighted by molar-refractivity contribution is 7.89. The van der Waals surface area contributed by atoms with E-state index in [0.717, 1.165) is 12.8 Å². The molecular weight excluding hydrogens is 297 g/mol. The van der Waals surface area contributed by atoms with Crippen molar-refractivity contribution in [3.05, 3.63) is 24.5 Å². The zero-order chi connectivity index (χ0) is 11.6. The third kappa shape index (κ3) is 3.80. The third-order valence-electron chi connectivity index (χ3n) is 2.69. The predicted molar refractivity (Wildman–Crippen MR) is 74.7 cm³/mol. The summed E-state index contributed by atoms with van der Waals surface area (Å²) >= 11 is 0. The summed E-state index contributed by atoms with van der Waals surface area (Å²) in [5.41, 5.74) is 5.78. The van der Waals surface area contributed by atoms with Crippen LogP contribution in [0.4, 0.5) is 0 Å². The van der Waals surface area contributed by atoms with E-state index in [0.29, 0.717) is 13.1 Å². The molecule has 0 unspecified atom stereocenters. The maximum Gasteiger partial charge on any atom is 0.244 e. The molecule has 1 aromatic rings. The van der Waals surface area contributed by atoms with E-state index in [-0.39, 0.29) is 35.8 Å². The first kappa shape index (κ1) is 17.6. The molecule has 0 saturated carbocycles. The lowest BCUT2D eigenvalue weighted by molar-refractivity contribution is 0.316. The molecule has 1 aromatic heterocycles. The maximum atomic E-state index is 12.2. The fraction of sp³-hybridized carbons (Fsp3) is 0.500. The Morgan fingerprint density at radius 3 is 2.67 bits per heavy atom. The second-order valence-electron chi connectivity index (χ2n) is 3.95. The minimum absolute atomic E-state index is 0. The fourth-order valence-corrected chi connectivity index (χ4v) is 3.34. The summed E-state index contributed by atoms with van der Waals surface area (Å²) in [4.78, 5) is 4.07. The van der Waals surface area contributed by atoms with E-state index in [2.05, 4.69) is 4.98 Å². The molecule has 1 aliphatic heterocycles. The SMILES string of the molecule is Cl.Cl.N[C@@H]1CCCN(S(=O)(=O)c2cccnc2)C1. The van der Waals surface area contributed by atoms with Crippen molar-refractivity contribution in [2.75, 3.05) is 13.1 Å². The van der Waals surface area contributed by atoms with Crippen molar-refractivity contribution in [3.8, 4) is 0 Å². The zero-order valence-electron chi connectivity index (χ0n) is 9.73. The van der Waals surface area contributed by atoms with Crippen molar-refractivity contribution >= 4 is 34.8 Å². The normalized spacial score (nSPS) is 20.6. The van der Waals surface area contributed by atoms with Gasteiger partial charge in [-0.25, -0.2) is 8.42 Å². The summed E-state index contributed by atoms with van der Waals surface area (Å²) in [7, 11) is -3.40. The molecule has 104 valence electrons. The molecule has 8 heteroatoms. The average Bonchev–Trinajstić information content (AvgIpc) is 2.30. The molecule has 0 aliphatic carbocycles. The van der Waals surface area contributed by atoms with Crippen molar-refractivity contribution < 1.29 is 8.42 Å². The zero-order valence-corrected chi connectivity index (χ0v) is 12.2. The number of nitrogens with zero attached hydrogens (tertiary/aromatic N) is 2. The molecule has 18 heavy (non-hydrogen) atoms. The van der Waals surface area contributed by atoms with Gasteiger partial charge in [-0.3, -0.25) is 4.98 Å². The predicted octanol–water partition coefficient (Wildman–Crippen LogP) is 1.04. The van der Waals surface area contributed by atoms with Gasteiger partial charge in [0.25, 0.3) is 0 Å². The summed E-state index contributed by atoms with van der Waals surface area (Å²) in [6, 6.07) is 3.12. The molecule has 1 atom stereocenters. The van der Waals surface area contributed by atoms with Crippen LogP contribution < -0.4 is 5.73 Å². The lowest BCUT2D eigenvalue weighted by atomic mass is 10.1. The van der Waals surface area contributed by atoms with Crippen LogP contribution in [0.3, 0.4) is 0 Å². The van der Waals surface area contributed by atoms with Gasteiger partial charge in [-0.15, -0.1) is 24.8 Å². The van der Waals surface area contributed by atoms with Crippen LogP contribution >= 0.6 is 24.8 Å². The van der Waals surface area contributed by atoms with Crippen LogP contribution in [-0.2, 0) is 10.0 Å². The van der Waals surface area contributed by atoms with E-state index < -0.39 is 10.0 Å². The van der Waals surface area contributed by atoms with Gasteiger partial charge < -0.3 is 5.73 Å². The van der Waals surface area contributed by atoms with Crippen LogP contribution in [-0.4, -0.2) is 36.8 Å². The van der Waals surface area contributed by atoms with Gasteiger partial charge in [-0.2, -0.15) is 4.31 Å². The molecule has 0 spiro atoms. The molecule has 1 fully saturated rings. The highest BCUT2D eigenvalue weighted by Crippen LogP contribution is 2.18. The summed E-state index contributed by atoms with van der Waals surface area (Å²) in [6.07, 6.45) is 4.64. The largest absolute Gasteiger partial charge is 0.327 e. The van der Waals surface area contributed by atoms with E-state index in [9.17, 15) is 8.42 Å². The molecule has 2 N–H and O–H groups in total. The van der Waals surface area contributed by atoms with Crippen LogP contribution in [0.15, 0.2) is 29.4 Å². The molecular formula is C10H17Cl2N3O2S. The van der Waals surface area contributed by atoms with Crippen LogP contribution in [0.1, 0.15) is 12.8 Å². The van der Waals surface area contributed by atoms with Crippen LogP contribution in [0.25, 0.3) is 0 Å². The second-order valence-corrected chi connectivity index (χ2v) is 5.89. The summed E-state index contributed by atoms with van der Waals surface area (Å²) in [6.45, 7) is 0.947. The lowest BCUT2D eigenvalue weighted by Gasteiger charge is -2.29. The average molecular weight is 314 g/mol. The molecule has 0 radical (unpaired) electrons. The molecule has 0 amide bonds. The third-order valence-corrected chi connectivity index (χ3v) is 4.54. The molecule has 0 bridgehead atoms. The van der Waals surface area contributed by atoms with Crippen molar-refractivity contribution in [2.45, 2.75) is 23.8 Å². The van der Waals surface area contributed by atoms with Gasteiger partial charge >= 0.3 is 0 Å². The van der Waals surface area contributed by atoms with Crippen molar-refractivity contribution in [1.82, 2.24) is 9.29 Å². The summed E-state index contributed by atoms with van der Waals surface area (Å²) < 4.78 is 25.8. The number of pyridine rings is 1. The lowest BCUT2D eigenvalue weighted by Crippen LogP contribution is -2.45. The number of piperidine rings is 1. The van der Waals surface area contributed by atoms with E-state index >= 15 is 0 Å². The van der Waals surface area contributed by atoms with Crippen molar-refractivity contribution in [3.63, 3.8) is 0 Å². The first-order chi connectivity index (χ1) is 7.60. The number of sulfonamides is 1. The Morgan fingerprint density at radius 1 is 1.39 bits per heavy atom. The van der Waals surface area contributed by atoms with Gasteiger partial charge in [0.1, 0.15) is 4.90 Å². The van der Waals surface area contributed by atoms with E-state index in [1.807, 2.05) is 0 Å². The summed E-state index contributed by atoms with van der Waals surface area (Å²) in [5, 5.41) is 0. The molecule has 1 aliphatic rings. The minimum Gasteiger partial charge on any atom is -0.327 e. The second kappa shape index (κ2) is 7.25. The number of hydrogen-bond acceptors (Lipinski definition) is 4. The Balaban J connectivity index is 0.00000144. The Bertz CT molecular complexity index is 455. The molecule has 1 saturated heterocycles. The Morgan fingerprint density at radius 2 is 2.11 bits per heavy atom. The van der Waals surface area contributed by atoms with Crippen molar-refractivity contribution in [2.24, 2.45) is 5.73 Å². The standard InChI is InChI=1S/C10H15N3O2S.2ClH/c11-9-3-2-6-13(8-9)16(14,15)10-4-1-5-12-7-10;;/h1,4-5,7,9H,2-3,6,8,11H2;2*1H/t9-;;/m1../s1. The Labute approximate surface area is 120 Å². The summed E-state index contributed by atoms with van der Waals surface area (Å²) in [5.74, 6) is 0. The molecule has 0 aromatic carbocycles. The number of nitrogens with two attached hydrogens (primary N) is 1. The monoisotopic (exact) mass is 313 g/mol. The first-order valence-corrected chi connectivity index (χ1v) is 6.70. The number of aromatic nitrogens is 1. The van der Waals surface area contributed by atoms with E-state index in [1.165, 1.54) is 10.5 Å². The Kier molecular flexibility index (Phi) is 7.09. The number of hydrogen-bond donors (Lipinski definition) is 1. The quantitative estimate of drug-likeness (QED) is 0.885. The van der Waals surface area contributed by atoms with Gasteiger partial charge in [0.15, 0.2) is 0 Å². The van der Waals surface area contributed by atoms with Crippen LogP contribution in [0.5, 0.6) is 0 Å². The van der Waals surface area contributed by atoms with E-state index in [1.54, 1.807) is 18.3 Å². The fourth-order valence-electron chi connectivity index (χ4n) is 1.84. The topological polar surface area (TPSA) is 76.3 Å². The minimum atomic E-state index is -3.40. The van der Waals surface area contributed by atoms with Gasteiger partial charge in [-0.05, 0) is 25.0 Å². The highest BCUT2D eigenvalue weighted by atomic mass is 35.5. The van der Waals surface area contributed by atoms with Gasteiger partial charge in [-0.1, -0.05) is 0 Å². The van der Waals surface area contributed by atoms with E-state index in [4.69, 9.17) is 5.73 Å². The van der Waals surface area contributed by atoms with Gasteiger partial charge in [0.05, 0.1) is 0 Å².